The summed E-state index contributed by atoms with van der Waals surface area (Å²) in [4.78, 5) is 19.0. The first-order valence-corrected chi connectivity index (χ1v) is 16.0. The van der Waals surface area contributed by atoms with Crippen molar-refractivity contribution in [3.8, 4) is 0 Å². The van der Waals surface area contributed by atoms with Crippen LogP contribution in [0.4, 0.5) is 5.82 Å². The Morgan fingerprint density at radius 3 is 2.76 bits per heavy atom. The number of sulfonamides is 1. The number of aryl methyl sites for hydroxylation is 3. The SMILES string of the molecule is CCn1nnc2c(C)c(C(CC(=O)O)c3ccc(C)c(CN4C[C@H]5CCCCN5c5ncccc5S4(=O)=O)c3)ccc21. The van der Waals surface area contributed by atoms with Gasteiger partial charge in [0.1, 0.15) is 16.2 Å². The molecular weight excluding hydrogens is 552 g/mol. The van der Waals surface area contributed by atoms with E-state index in [-0.39, 0.29) is 23.9 Å². The number of anilines is 1. The van der Waals surface area contributed by atoms with Crippen molar-refractivity contribution in [2.45, 2.75) is 76.4 Å². The van der Waals surface area contributed by atoms with Gasteiger partial charge >= 0.3 is 5.97 Å². The molecule has 2 atom stereocenters. The van der Waals surface area contributed by atoms with Crippen LogP contribution in [0.3, 0.4) is 0 Å². The fourth-order valence-corrected chi connectivity index (χ4v) is 8.14. The first kappa shape index (κ1) is 28.3. The first-order chi connectivity index (χ1) is 20.2. The van der Waals surface area contributed by atoms with Crippen molar-refractivity contribution >= 4 is 32.8 Å². The summed E-state index contributed by atoms with van der Waals surface area (Å²) in [7, 11) is -3.81. The Kier molecular flexibility index (Phi) is 7.48. The fourth-order valence-electron chi connectivity index (χ4n) is 6.53. The number of rotatable bonds is 7. The Labute approximate surface area is 246 Å². The van der Waals surface area contributed by atoms with Crippen LogP contribution < -0.4 is 4.90 Å². The molecule has 220 valence electrons. The lowest BCUT2D eigenvalue weighted by Gasteiger charge is -2.36. The number of hydrogen-bond acceptors (Lipinski definition) is 7. The summed E-state index contributed by atoms with van der Waals surface area (Å²) in [5.41, 5.74) is 6.10. The number of carboxylic acids is 1. The van der Waals surface area contributed by atoms with E-state index in [4.69, 9.17) is 0 Å². The molecule has 4 heterocycles. The van der Waals surface area contributed by atoms with Crippen LogP contribution in [0.15, 0.2) is 53.6 Å². The molecule has 0 radical (unpaired) electrons. The van der Waals surface area contributed by atoms with Crippen molar-refractivity contribution in [2.24, 2.45) is 0 Å². The van der Waals surface area contributed by atoms with Crippen LogP contribution in [0.1, 0.15) is 66.3 Å². The number of pyridine rings is 1. The highest BCUT2D eigenvalue weighted by Crippen LogP contribution is 2.37. The van der Waals surface area contributed by atoms with Crippen LogP contribution >= 0.6 is 0 Å². The Hall–Kier alpha value is -3.83. The van der Waals surface area contributed by atoms with E-state index in [0.29, 0.717) is 18.9 Å². The van der Waals surface area contributed by atoms with Crippen LogP contribution in [-0.2, 0) is 27.9 Å². The Morgan fingerprint density at radius 2 is 1.98 bits per heavy atom. The van der Waals surface area contributed by atoms with Gasteiger partial charge in [0, 0.05) is 44.3 Å². The highest BCUT2D eigenvalue weighted by molar-refractivity contribution is 7.89. The summed E-state index contributed by atoms with van der Waals surface area (Å²) in [6.07, 6.45) is 4.53. The van der Waals surface area contributed by atoms with Crippen molar-refractivity contribution in [1.29, 1.82) is 0 Å². The van der Waals surface area contributed by atoms with Crippen molar-refractivity contribution < 1.29 is 18.3 Å². The summed E-state index contributed by atoms with van der Waals surface area (Å²) in [6.45, 7) is 7.99. The Bertz CT molecular complexity index is 1770. The molecule has 0 bridgehead atoms. The maximum absolute atomic E-state index is 14.0. The molecule has 2 aliphatic rings. The van der Waals surface area contributed by atoms with E-state index in [1.165, 1.54) is 0 Å². The molecule has 10 nitrogen and oxygen atoms in total. The zero-order valence-electron chi connectivity index (χ0n) is 24.2. The molecular formula is C31H36N6O4S. The lowest BCUT2D eigenvalue weighted by Crippen LogP contribution is -2.45. The second-order valence-electron chi connectivity index (χ2n) is 11.4. The fraction of sp³-hybridized carbons (Fsp3) is 0.419. The van der Waals surface area contributed by atoms with Gasteiger partial charge in [0.25, 0.3) is 0 Å². The molecule has 1 N–H and O–H groups in total. The smallest absolute Gasteiger partial charge is 0.304 e. The largest absolute Gasteiger partial charge is 0.481 e. The molecule has 2 aromatic carbocycles. The molecule has 0 amide bonds. The number of benzene rings is 2. The predicted octanol–water partition coefficient (Wildman–Crippen LogP) is 4.63. The molecule has 4 aromatic rings. The number of nitrogens with zero attached hydrogens (tertiary/aromatic N) is 6. The molecule has 0 spiro atoms. The zero-order chi connectivity index (χ0) is 29.6. The van der Waals surface area contributed by atoms with Gasteiger partial charge in [-0.05, 0) is 86.1 Å². The van der Waals surface area contributed by atoms with E-state index in [0.717, 1.165) is 64.7 Å². The van der Waals surface area contributed by atoms with Gasteiger partial charge in [0.15, 0.2) is 0 Å². The van der Waals surface area contributed by atoms with Gasteiger partial charge in [0.05, 0.1) is 11.9 Å². The van der Waals surface area contributed by atoms with E-state index in [1.54, 1.807) is 22.6 Å². The lowest BCUT2D eigenvalue weighted by molar-refractivity contribution is -0.137. The third-order valence-corrected chi connectivity index (χ3v) is 10.7. The van der Waals surface area contributed by atoms with Crippen LogP contribution in [0.25, 0.3) is 11.0 Å². The average Bonchev–Trinajstić information content (AvgIpc) is 3.38. The normalized spacial score (nSPS) is 19.2. The molecule has 42 heavy (non-hydrogen) atoms. The number of aliphatic carboxylic acids is 1. The van der Waals surface area contributed by atoms with Crippen molar-refractivity contribution in [2.75, 3.05) is 18.0 Å². The molecule has 1 saturated heterocycles. The first-order valence-electron chi connectivity index (χ1n) is 14.5. The standard InChI is InChI=1S/C31H36N6O4S/c1-4-37-27-13-12-25(21(3)30(27)33-34-37)26(17-29(38)39)22-11-10-20(2)23(16-22)18-35-19-24-8-5-6-15-36(24)31-28(42(35,40)41)9-7-14-32-31/h7,9-14,16,24,26H,4-6,8,15,17-19H2,1-3H3,(H,38,39)/t24-,26?/m1/s1. The Balaban J connectivity index is 1.40. The van der Waals surface area contributed by atoms with Crippen LogP contribution in [0.2, 0.25) is 0 Å². The summed E-state index contributed by atoms with van der Waals surface area (Å²) >= 11 is 0. The number of aromatic nitrogens is 4. The molecule has 0 saturated carbocycles. The average molecular weight is 589 g/mol. The van der Waals surface area contributed by atoms with Gasteiger partial charge in [-0.3, -0.25) is 4.79 Å². The number of fused-ring (bicyclic) bond motifs is 4. The summed E-state index contributed by atoms with van der Waals surface area (Å²) in [5.74, 6) is -0.796. The highest BCUT2D eigenvalue weighted by Gasteiger charge is 2.39. The second-order valence-corrected chi connectivity index (χ2v) is 13.3. The highest BCUT2D eigenvalue weighted by atomic mass is 32.2. The second kappa shape index (κ2) is 11.1. The third kappa shape index (κ3) is 4.94. The Morgan fingerprint density at radius 1 is 1.14 bits per heavy atom. The minimum atomic E-state index is -3.81. The molecule has 0 aliphatic carbocycles. The van der Waals surface area contributed by atoms with Gasteiger partial charge < -0.3 is 10.0 Å². The number of carbonyl (C=O) groups is 1. The van der Waals surface area contributed by atoms with E-state index >= 15 is 0 Å². The monoisotopic (exact) mass is 588 g/mol. The van der Waals surface area contributed by atoms with Crippen molar-refractivity contribution in [3.63, 3.8) is 0 Å². The van der Waals surface area contributed by atoms with Crippen LogP contribution in [-0.4, -0.2) is 62.9 Å². The van der Waals surface area contributed by atoms with Crippen molar-refractivity contribution in [1.82, 2.24) is 24.3 Å². The topological polar surface area (TPSA) is 122 Å². The van der Waals surface area contributed by atoms with Gasteiger partial charge in [0.2, 0.25) is 10.0 Å². The minimum Gasteiger partial charge on any atom is -0.481 e. The number of carboxylic acid groups (broad SMARTS) is 1. The summed E-state index contributed by atoms with van der Waals surface area (Å²) in [6, 6.07) is 13.2. The quantitative estimate of drug-likeness (QED) is 0.332. The third-order valence-electron chi connectivity index (χ3n) is 8.84. The van der Waals surface area contributed by atoms with Gasteiger partial charge in [-0.25, -0.2) is 18.1 Å². The molecule has 6 rings (SSSR count). The van der Waals surface area contributed by atoms with E-state index in [2.05, 4.69) is 20.2 Å². The van der Waals surface area contributed by atoms with E-state index in [9.17, 15) is 18.3 Å². The maximum Gasteiger partial charge on any atom is 0.304 e. The number of hydrogen-bond donors (Lipinski definition) is 1. The maximum atomic E-state index is 14.0. The minimum absolute atomic E-state index is 0.0545. The zero-order valence-corrected chi connectivity index (χ0v) is 25.0. The lowest BCUT2D eigenvalue weighted by atomic mass is 9.84. The predicted molar refractivity (Wildman–Crippen MR) is 160 cm³/mol. The van der Waals surface area contributed by atoms with Crippen LogP contribution in [0, 0.1) is 13.8 Å². The van der Waals surface area contributed by atoms with Crippen molar-refractivity contribution in [3.05, 3.63) is 76.5 Å². The van der Waals surface area contributed by atoms with Gasteiger partial charge in [-0.15, -0.1) is 5.10 Å². The molecule has 1 unspecified atom stereocenters. The molecule has 11 heteroatoms. The van der Waals surface area contributed by atoms with E-state index in [1.807, 2.05) is 55.8 Å². The summed E-state index contributed by atoms with van der Waals surface area (Å²) < 4.78 is 31.5. The van der Waals surface area contributed by atoms with Gasteiger partial charge in [-0.1, -0.05) is 29.5 Å². The van der Waals surface area contributed by atoms with Gasteiger partial charge in [-0.2, -0.15) is 4.31 Å². The van der Waals surface area contributed by atoms with Crippen LogP contribution in [0.5, 0.6) is 0 Å². The molecule has 2 aromatic heterocycles. The van der Waals surface area contributed by atoms with E-state index < -0.39 is 21.9 Å². The summed E-state index contributed by atoms with van der Waals surface area (Å²) in [5, 5.41) is 18.5. The molecule has 1 fully saturated rings. The molecule has 2 aliphatic heterocycles. The number of piperidine rings is 1.